The van der Waals surface area contributed by atoms with Gasteiger partial charge >= 0.3 is 0 Å². The molecule has 116 valence electrons. The number of hydrogen-bond acceptors (Lipinski definition) is 2. The quantitative estimate of drug-likeness (QED) is 0.845. The fourth-order valence-electron chi connectivity index (χ4n) is 2.11. The molecule has 1 unspecified atom stereocenters. The lowest BCUT2D eigenvalue weighted by Gasteiger charge is -2.27. The van der Waals surface area contributed by atoms with Gasteiger partial charge in [-0.15, -0.1) is 0 Å². The number of rotatable bonds is 6. The van der Waals surface area contributed by atoms with Crippen molar-refractivity contribution in [3.05, 3.63) is 28.2 Å². The first-order chi connectivity index (χ1) is 9.85. The summed E-state index contributed by atoms with van der Waals surface area (Å²) >= 11 is 3.40. The summed E-state index contributed by atoms with van der Waals surface area (Å²) in [5, 5.41) is 2.89. The Kier molecular flexibility index (Phi) is 6.89. The maximum atomic E-state index is 12.0. The highest BCUT2D eigenvalue weighted by molar-refractivity contribution is 9.10. The minimum absolute atomic E-state index is 0.0111. The number of hydrogen-bond donors (Lipinski definition) is 1. The van der Waals surface area contributed by atoms with Crippen LogP contribution in [0.4, 0.5) is 5.69 Å². The van der Waals surface area contributed by atoms with Crippen molar-refractivity contribution in [2.45, 2.75) is 46.6 Å². The largest absolute Gasteiger partial charge is 0.340 e. The van der Waals surface area contributed by atoms with E-state index in [9.17, 15) is 9.59 Å². The van der Waals surface area contributed by atoms with Gasteiger partial charge in [0.1, 0.15) is 0 Å². The van der Waals surface area contributed by atoms with E-state index in [4.69, 9.17) is 0 Å². The number of halogens is 1. The summed E-state index contributed by atoms with van der Waals surface area (Å²) in [4.78, 5) is 25.4. The summed E-state index contributed by atoms with van der Waals surface area (Å²) in [7, 11) is 0. The van der Waals surface area contributed by atoms with Crippen molar-refractivity contribution in [3.8, 4) is 0 Å². The van der Waals surface area contributed by atoms with Crippen molar-refractivity contribution in [2.75, 3.05) is 11.9 Å². The molecule has 0 saturated carbocycles. The van der Waals surface area contributed by atoms with Crippen molar-refractivity contribution in [1.82, 2.24) is 4.90 Å². The van der Waals surface area contributed by atoms with E-state index in [2.05, 4.69) is 21.2 Å². The average molecular weight is 355 g/mol. The SMILES string of the molecule is CCC(C)N(CCC(=O)Nc1ccc(Br)cc1C)C(C)=O. The van der Waals surface area contributed by atoms with Crippen LogP contribution >= 0.6 is 15.9 Å². The maximum absolute atomic E-state index is 12.0. The summed E-state index contributed by atoms with van der Waals surface area (Å²) in [6, 6.07) is 5.87. The number of aryl methyl sites for hydroxylation is 1. The monoisotopic (exact) mass is 354 g/mol. The van der Waals surface area contributed by atoms with Crippen LogP contribution < -0.4 is 5.32 Å². The first-order valence-electron chi connectivity index (χ1n) is 7.18. The summed E-state index contributed by atoms with van der Waals surface area (Å²) in [6.45, 7) is 7.97. The fraction of sp³-hybridized carbons (Fsp3) is 0.500. The van der Waals surface area contributed by atoms with Crippen LogP contribution in [0.3, 0.4) is 0 Å². The molecule has 1 N–H and O–H groups in total. The second-order valence-electron chi connectivity index (χ2n) is 5.23. The number of carbonyl (C=O) groups excluding carboxylic acids is 2. The summed E-state index contributed by atoms with van der Waals surface area (Å²) in [6.07, 6.45) is 1.19. The number of nitrogens with one attached hydrogen (secondary N) is 1. The van der Waals surface area contributed by atoms with Gasteiger partial charge in [-0.05, 0) is 44.0 Å². The predicted octanol–water partition coefficient (Wildman–Crippen LogP) is 3.73. The molecule has 21 heavy (non-hydrogen) atoms. The number of amides is 2. The summed E-state index contributed by atoms with van der Waals surface area (Å²) in [5.74, 6) is -0.0630. The highest BCUT2D eigenvalue weighted by atomic mass is 79.9. The molecule has 0 spiro atoms. The van der Waals surface area contributed by atoms with Gasteiger partial charge in [0, 0.05) is 36.1 Å². The number of nitrogens with zero attached hydrogens (tertiary/aromatic N) is 1. The first kappa shape index (κ1) is 17.7. The van der Waals surface area contributed by atoms with Gasteiger partial charge in [-0.25, -0.2) is 0 Å². The highest BCUT2D eigenvalue weighted by Crippen LogP contribution is 2.20. The molecule has 0 heterocycles. The molecule has 0 saturated heterocycles. The van der Waals surface area contributed by atoms with Gasteiger partial charge in [0.15, 0.2) is 0 Å². The minimum Gasteiger partial charge on any atom is -0.340 e. The average Bonchev–Trinajstić information content (AvgIpc) is 2.41. The molecule has 0 bridgehead atoms. The molecule has 0 aliphatic heterocycles. The predicted molar refractivity (Wildman–Crippen MR) is 89.3 cm³/mol. The van der Waals surface area contributed by atoms with Crippen molar-refractivity contribution >= 4 is 33.4 Å². The maximum Gasteiger partial charge on any atom is 0.226 e. The van der Waals surface area contributed by atoms with E-state index < -0.39 is 0 Å². The lowest BCUT2D eigenvalue weighted by Crippen LogP contribution is -2.38. The molecule has 5 heteroatoms. The van der Waals surface area contributed by atoms with Gasteiger partial charge in [0.25, 0.3) is 0 Å². The van der Waals surface area contributed by atoms with Crippen LogP contribution in [-0.2, 0) is 9.59 Å². The standard InChI is InChI=1S/C16H23BrN2O2/c1-5-12(3)19(13(4)20)9-8-16(21)18-15-7-6-14(17)10-11(15)2/h6-7,10,12H,5,8-9H2,1-4H3,(H,18,21). The topological polar surface area (TPSA) is 49.4 Å². The number of anilines is 1. The molecule has 0 aliphatic rings. The Morgan fingerprint density at radius 1 is 1.38 bits per heavy atom. The molecule has 0 aromatic heterocycles. The van der Waals surface area contributed by atoms with E-state index in [1.54, 1.807) is 11.8 Å². The molecule has 1 rings (SSSR count). The third kappa shape index (κ3) is 5.50. The van der Waals surface area contributed by atoms with Crippen molar-refractivity contribution in [1.29, 1.82) is 0 Å². The van der Waals surface area contributed by atoms with E-state index in [0.717, 1.165) is 22.1 Å². The summed E-state index contributed by atoms with van der Waals surface area (Å²) in [5.41, 5.74) is 1.81. The molecule has 1 aromatic rings. The van der Waals surface area contributed by atoms with Crippen molar-refractivity contribution in [2.24, 2.45) is 0 Å². The molecule has 0 radical (unpaired) electrons. The van der Waals surface area contributed by atoms with Crippen LogP contribution in [-0.4, -0.2) is 29.3 Å². The smallest absolute Gasteiger partial charge is 0.226 e. The highest BCUT2D eigenvalue weighted by Gasteiger charge is 2.16. The normalized spacial score (nSPS) is 11.9. The van der Waals surface area contributed by atoms with Crippen LogP contribution in [0, 0.1) is 6.92 Å². The van der Waals surface area contributed by atoms with E-state index in [1.807, 2.05) is 39.0 Å². The lowest BCUT2D eigenvalue weighted by molar-refractivity contribution is -0.131. The second kappa shape index (κ2) is 8.17. The molecule has 1 atom stereocenters. The van der Waals surface area contributed by atoms with Crippen LogP contribution in [0.25, 0.3) is 0 Å². The second-order valence-corrected chi connectivity index (χ2v) is 6.14. The van der Waals surface area contributed by atoms with E-state index in [-0.39, 0.29) is 17.9 Å². The van der Waals surface area contributed by atoms with Gasteiger partial charge in [0.2, 0.25) is 11.8 Å². The Hall–Kier alpha value is -1.36. The molecule has 1 aromatic carbocycles. The Bertz CT molecular complexity index is 517. The molecular weight excluding hydrogens is 332 g/mol. The number of carbonyl (C=O) groups is 2. The first-order valence-corrected chi connectivity index (χ1v) is 7.97. The van der Waals surface area contributed by atoms with E-state index >= 15 is 0 Å². The molecule has 0 fully saturated rings. The van der Waals surface area contributed by atoms with Gasteiger partial charge in [-0.3, -0.25) is 9.59 Å². The lowest BCUT2D eigenvalue weighted by atomic mass is 10.2. The van der Waals surface area contributed by atoms with Crippen molar-refractivity contribution in [3.63, 3.8) is 0 Å². The zero-order chi connectivity index (χ0) is 16.0. The van der Waals surface area contributed by atoms with Gasteiger partial charge in [0.05, 0.1) is 0 Å². The molecule has 0 aliphatic carbocycles. The zero-order valence-corrected chi connectivity index (χ0v) is 14.7. The Labute approximate surface area is 135 Å². The van der Waals surface area contributed by atoms with Gasteiger partial charge in [-0.1, -0.05) is 22.9 Å². The fourth-order valence-corrected chi connectivity index (χ4v) is 2.59. The van der Waals surface area contributed by atoms with E-state index in [1.165, 1.54) is 0 Å². The third-order valence-electron chi connectivity index (χ3n) is 3.57. The Balaban J connectivity index is 2.59. The molecular formula is C16H23BrN2O2. The minimum atomic E-state index is -0.0741. The van der Waals surface area contributed by atoms with Crippen LogP contribution in [0.5, 0.6) is 0 Å². The van der Waals surface area contributed by atoms with Crippen LogP contribution in [0.15, 0.2) is 22.7 Å². The van der Waals surface area contributed by atoms with Crippen LogP contribution in [0.1, 0.15) is 39.2 Å². The van der Waals surface area contributed by atoms with Gasteiger partial charge < -0.3 is 10.2 Å². The number of benzene rings is 1. The van der Waals surface area contributed by atoms with Crippen LogP contribution in [0.2, 0.25) is 0 Å². The van der Waals surface area contributed by atoms with Crippen molar-refractivity contribution < 1.29 is 9.59 Å². The Morgan fingerprint density at radius 2 is 2.05 bits per heavy atom. The summed E-state index contributed by atoms with van der Waals surface area (Å²) < 4.78 is 0.984. The Morgan fingerprint density at radius 3 is 2.57 bits per heavy atom. The molecule has 2 amide bonds. The third-order valence-corrected chi connectivity index (χ3v) is 4.06. The molecule has 4 nitrogen and oxygen atoms in total. The van der Waals surface area contributed by atoms with E-state index in [0.29, 0.717) is 13.0 Å². The zero-order valence-electron chi connectivity index (χ0n) is 13.1. The van der Waals surface area contributed by atoms with Gasteiger partial charge in [-0.2, -0.15) is 0 Å².